The van der Waals surface area contributed by atoms with E-state index in [1.807, 2.05) is 11.4 Å². The highest BCUT2D eigenvalue weighted by Crippen LogP contribution is 2.22. The van der Waals surface area contributed by atoms with Crippen LogP contribution in [0, 0.1) is 0 Å². The fourth-order valence-electron chi connectivity index (χ4n) is 1.71. The van der Waals surface area contributed by atoms with Crippen LogP contribution in [0.1, 0.15) is 17.7 Å². The van der Waals surface area contributed by atoms with Crippen molar-refractivity contribution in [3.05, 3.63) is 20.8 Å². The van der Waals surface area contributed by atoms with Gasteiger partial charge in [0.15, 0.2) is 0 Å². The second-order valence-electron chi connectivity index (χ2n) is 3.93. The molecule has 1 aromatic heterocycles. The predicted molar refractivity (Wildman–Crippen MR) is 71.6 cm³/mol. The third-order valence-electron chi connectivity index (χ3n) is 2.57. The van der Waals surface area contributed by atoms with Crippen LogP contribution in [0.4, 0.5) is 0 Å². The summed E-state index contributed by atoms with van der Waals surface area (Å²) in [5.41, 5.74) is 0. The van der Waals surface area contributed by atoms with E-state index in [2.05, 4.69) is 20.7 Å². The number of ether oxygens (including phenoxy) is 1. The number of hydrogen-bond donors (Lipinski definition) is 1. The number of halogens is 1. The van der Waals surface area contributed by atoms with Crippen LogP contribution < -0.4 is 4.72 Å². The van der Waals surface area contributed by atoms with E-state index in [4.69, 9.17) is 4.74 Å². The summed E-state index contributed by atoms with van der Waals surface area (Å²) in [7, 11) is -3.25. The van der Waals surface area contributed by atoms with Crippen molar-refractivity contribution in [2.45, 2.75) is 25.5 Å². The van der Waals surface area contributed by atoms with E-state index in [1.54, 1.807) is 0 Å². The molecule has 0 saturated carbocycles. The van der Waals surface area contributed by atoms with Gasteiger partial charge in [0.1, 0.15) is 0 Å². The van der Waals surface area contributed by atoms with Gasteiger partial charge in [0.05, 0.1) is 11.9 Å². The van der Waals surface area contributed by atoms with Crippen molar-refractivity contribution < 1.29 is 13.2 Å². The molecule has 1 saturated heterocycles. The standard InChI is InChI=1S/C10H14BrNO3S2/c11-9-3-5-16-10(9)6-12-17(13,14)7-8-2-1-4-15-8/h3,5,8,12H,1-2,4,6-7H2. The molecule has 1 aliphatic heterocycles. The number of rotatable bonds is 5. The summed E-state index contributed by atoms with van der Waals surface area (Å²) in [5, 5.41) is 1.92. The second kappa shape index (κ2) is 5.79. The summed E-state index contributed by atoms with van der Waals surface area (Å²) in [4.78, 5) is 0.987. The van der Waals surface area contributed by atoms with Crippen LogP contribution in [-0.4, -0.2) is 26.9 Å². The van der Waals surface area contributed by atoms with E-state index in [0.29, 0.717) is 13.2 Å². The molecule has 4 nitrogen and oxygen atoms in total. The quantitative estimate of drug-likeness (QED) is 0.893. The molecule has 1 aromatic rings. The molecule has 0 spiro atoms. The Morgan fingerprint density at radius 3 is 3.00 bits per heavy atom. The smallest absolute Gasteiger partial charge is 0.214 e. The summed E-state index contributed by atoms with van der Waals surface area (Å²) in [5.74, 6) is 0.0655. The Kier molecular flexibility index (Phi) is 4.59. The van der Waals surface area contributed by atoms with Crippen LogP contribution in [0.3, 0.4) is 0 Å². The maximum atomic E-state index is 11.8. The van der Waals surface area contributed by atoms with E-state index in [0.717, 1.165) is 22.2 Å². The molecule has 7 heteroatoms. The monoisotopic (exact) mass is 339 g/mol. The maximum absolute atomic E-state index is 11.8. The van der Waals surface area contributed by atoms with E-state index in [-0.39, 0.29) is 11.9 Å². The summed E-state index contributed by atoms with van der Waals surface area (Å²) in [6.07, 6.45) is 1.65. The molecule has 0 aliphatic carbocycles. The van der Waals surface area contributed by atoms with Crippen molar-refractivity contribution in [2.75, 3.05) is 12.4 Å². The van der Waals surface area contributed by atoms with Gasteiger partial charge in [-0.3, -0.25) is 0 Å². The highest BCUT2D eigenvalue weighted by molar-refractivity contribution is 9.10. The number of sulfonamides is 1. The first-order valence-corrected chi connectivity index (χ1v) is 8.70. The topological polar surface area (TPSA) is 55.4 Å². The Hall–Kier alpha value is 0.0500. The van der Waals surface area contributed by atoms with Crippen LogP contribution in [0.25, 0.3) is 0 Å². The molecule has 1 unspecified atom stereocenters. The average Bonchev–Trinajstić information content (AvgIpc) is 2.87. The minimum Gasteiger partial charge on any atom is -0.377 e. The Labute approximate surface area is 114 Å². The maximum Gasteiger partial charge on any atom is 0.214 e. The zero-order valence-electron chi connectivity index (χ0n) is 9.19. The van der Waals surface area contributed by atoms with Gasteiger partial charge >= 0.3 is 0 Å². The number of hydrogen-bond acceptors (Lipinski definition) is 4. The molecule has 1 aliphatic rings. The van der Waals surface area contributed by atoms with Crippen molar-refractivity contribution in [3.63, 3.8) is 0 Å². The summed E-state index contributed by atoms with van der Waals surface area (Å²) >= 11 is 4.90. The SMILES string of the molecule is O=S(=O)(CC1CCCO1)NCc1sccc1Br. The molecule has 0 bridgehead atoms. The fraction of sp³-hybridized carbons (Fsp3) is 0.600. The van der Waals surface area contributed by atoms with Crippen molar-refractivity contribution in [3.8, 4) is 0 Å². The van der Waals surface area contributed by atoms with E-state index in [1.165, 1.54) is 11.3 Å². The molecule has 1 atom stereocenters. The van der Waals surface area contributed by atoms with Gasteiger partial charge in [0, 0.05) is 22.5 Å². The largest absolute Gasteiger partial charge is 0.377 e. The number of nitrogens with one attached hydrogen (secondary N) is 1. The van der Waals surface area contributed by atoms with Crippen LogP contribution in [-0.2, 0) is 21.3 Å². The molecule has 0 amide bonds. The molecule has 17 heavy (non-hydrogen) atoms. The van der Waals surface area contributed by atoms with Crippen LogP contribution in [0.5, 0.6) is 0 Å². The average molecular weight is 340 g/mol. The first kappa shape index (κ1) is 13.5. The Balaban J connectivity index is 1.87. The number of thiophene rings is 1. The first-order chi connectivity index (χ1) is 8.07. The Morgan fingerprint density at radius 2 is 2.41 bits per heavy atom. The first-order valence-electron chi connectivity index (χ1n) is 5.37. The summed E-state index contributed by atoms with van der Waals surface area (Å²) < 4.78 is 32.5. The van der Waals surface area contributed by atoms with Crippen LogP contribution >= 0.6 is 27.3 Å². The van der Waals surface area contributed by atoms with Gasteiger partial charge in [-0.25, -0.2) is 13.1 Å². The van der Waals surface area contributed by atoms with Crippen molar-refractivity contribution in [1.29, 1.82) is 0 Å². The van der Waals surface area contributed by atoms with E-state index < -0.39 is 10.0 Å². The zero-order valence-corrected chi connectivity index (χ0v) is 12.4. The van der Waals surface area contributed by atoms with Crippen LogP contribution in [0.2, 0.25) is 0 Å². The zero-order chi connectivity index (χ0) is 12.3. The fourth-order valence-corrected chi connectivity index (χ4v) is 4.46. The molecule has 0 radical (unpaired) electrons. The lowest BCUT2D eigenvalue weighted by Crippen LogP contribution is -2.31. The molecular weight excluding hydrogens is 326 g/mol. The highest BCUT2D eigenvalue weighted by Gasteiger charge is 2.23. The van der Waals surface area contributed by atoms with E-state index in [9.17, 15) is 8.42 Å². The third-order valence-corrected chi connectivity index (χ3v) is 5.89. The normalized spacial score (nSPS) is 20.9. The third kappa shape index (κ3) is 4.03. The minimum atomic E-state index is -3.25. The summed E-state index contributed by atoms with van der Waals surface area (Å²) in [6.45, 7) is 1.02. The highest BCUT2D eigenvalue weighted by atomic mass is 79.9. The predicted octanol–water partition coefficient (Wildman–Crippen LogP) is 2.11. The van der Waals surface area contributed by atoms with Crippen LogP contribution in [0.15, 0.2) is 15.9 Å². The Bertz CT molecular complexity index is 466. The lowest BCUT2D eigenvalue weighted by atomic mass is 10.3. The van der Waals surface area contributed by atoms with Gasteiger partial charge in [0.2, 0.25) is 10.0 Å². The lowest BCUT2D eigenvalue weighted by molar-refractivity contribution is 0.127. The van der Waals surface area contributed by atoms with E-state index >= 15 is 0 Å². The van der Waals surface area contributed by atoms with Gasteiger partial charge in [-0.05, 0) is 40.2 Å². The van der Waals surface area contributed by atoms with Crippen molar-refractivity contribution >= 4 is 37.3 Å². The van der Waals surface area contributed by atoms with Gasteiger partial charge in [0.25, 0.3) is 0 Å². The molecule has 1 N–H and O–H groups in total. The Morgan fingerprint density at radius 1 is 1.59 bits per heavy atom. The van der Waals surface area contributed by atoms with Crippen molar-refractivity contribution in [1.82, 2.24) is 4.72 Å². The van der Waals surface area contributed by atoms with Gasteiger partial charge < -0.3 is 4.74 Å². The van der Waals surface area contributed by atoms with Crippen molar-refractivity contribution in [2.24, 2.45) is 0 Å². The summed E-state index contributed by atoms with van der Waals surface area (Å²) in [6, 6.07) is 1.91. The van der Waals surface area contributed by atoms with Gasteiger partial charge in [-0.1, -0.05) is 0 Å². The van der Waals surface area contributed by atoms with Gasteiger partial charge in [-0.2, -0.15) is 0 Å². The lowest BCUT2D eigenvalue weighted by Gasteiger charge is -2.10. The second-order valence-corrected chi connectivity index (χ2v) is 7.64. The molecule has 2 rings (SSSR count). The minimum absolute atomic E-state index is 0.0655. The molecule has 96 valence electrons. The molecule has 1 fully saturated rings. The molecule has 0 aromatic carbocycles. The molecule has 2 heterocycles. The molecular formula is C10H14BrNO3S2. The van der Waals surface area contributed by atoms with Gasteiger partial charge in [-0.15, -0.1) is 11.3 Å².